The SMILES string of the molecule is Cc1ccccc1-n1cnn(CN2CCN(S(=O)(=O)c3ccc(F)cc3)CC2)c1=S. The van der Waals surface area contributed by atoms with E-state index in [0.29, 0.717) is 37.6 Å². The van der Waals surface area contributed by atoms with Crippen LogP contribution in [0.1, 0.15) is 5.56 Å². The second-order valence-electron chi connectivity index (χ2n) is 7.19. The maximum Gasteiger partial charge on any atom is 0.243 e. The number of nitrogens with zero attached hydrogens (tertiary/aromatic N) is 5. The maximum absolute atomic E-state index is 13.1. The van der Waals surface area contributed by atoms with E-state index >= 15 is 0 Å². The third kappa shape index (κ3) is 4.08. The lowest BCUT2D eigenvalue weighted by Crippen LogP contribution is -2.48. The van der Waals surface area contributed by atoms with Gasteiger partial charge in [-0.3, -0.25) is 9.47 Å². The Labute approximate surface area is 180 Å². The van der Waals surface area contributed by atoms with Crippen LogP contribution in [-0.4, -0.2) is 58.1 Å². The zero-order chi connectivity index (χ0) is 21.3. The topological polar surface area (TPSA) is 63.4 Å². The molecule has 1 aliphatic rings. The molecule has 4 rings (SSSR count). The molecule has 0 saturated carbocycles. The van der Waals surface area contributed by atoms with Crippen LogP contribution in [0.25, 0.3) is 5.69 Å². The van der Waals surface area contributed by atoms with Crippen LogP contribution < -0.4 is 0 Å². The first-order chi connectivity index (χ1) is 14.4. The first kappa shape index (κ1) is 20.9. The lowest BCUT2D eigenvalue weighted by atomic mass is 10.2. The van der Waals surface area contributed by atoms with Gasteiger partial charge in [0.05, 0.1) is 17.3 Å². The summed E-state index contributed by atoms with van der Waals surface area (Å²) < 4.78 is 44.3. The summed E-state index contributed by atoms with van der Waals surface area (Å²) in [6, 6.07) is 12.9. The zero-order valence-corrected chi connectivity index (χ0v) is 18.1. The monoisotopic (exact) mass is 447 g/mol. The number of rotatable bonds is 5. The summed E-state index contributed by atoms with van der Waals surface area (Å²) in [5, 5.41) is 4.42. The number of para-hydroxylation sites is 1. The molecule has 158 valence electrons. The first-order valence-electron chi connectivity index (χ1n) is 9.55. The molecule has 0 radical (unpaired) electrons. The maximum atomic E-state index is 13.1. The van der Waals surface area contributed by atoms with Crippen molar-refractivity contribution in [1.82, 2.24) is 23.6 Å². The van der Waals surface area contributed by atoms with Crippen molar-refractivity contribution in [3.05, 3.63) is 71.0 Å². The number of hydrogen-bond donors (Lipinski definition) is 0. The van der Waals surface area contributed by atoms with Gasteiger partial charge in [-0.05, 0) is 55.0 Å². The van der Waals surface area contributed by atoms with Crippen molar-refractivity contribution in [3.8, 4) is 5.69 Å². The van der Waals surface area contributed by atoms with E-state index in [-0.39, 0.29) is 4.90 Å². The molecule has 7 nitrogen and oxygen atoms in total. The van der Waals surface area contributed by atoms with E-state index in [1.165, 1.54) is 16.4 Å². The standard InChI is InChI=1S/C20H22FN5O2S2/c1-16-4-2-3-5-19(16)25-14-22-26(20(25)29)15-23-10-12-24(13-11-23)30(27,28)18-8-6-17(21)7-9-18/h2-9,14H,10-13,15H2,1H3. The molecule has 0 atom stereocenters. The quantitative estimate of drug-likeness (QED) is 0.563. The zero-order valence-electron chi connectivity index (χ0n) is 16.5. The molecule has 2 heterocycles. The summed E-state index contributed by atoms with van der Waals surface area (Å²) in [6.07, 6.45) is 1.71. The number of piperazine rings is 1. The van der Waals surface area contributed by atoms with Crippen molar-refractivity contribution in [3.63, 3.8) is 0 Å². The number of aryl methyl sites for hydroxylation is 1. The van der Waals surface area contributed by atoms with Gasteiger partial charge in [0.25, 0.3) is 0 Å². The van der Waals surface area contributed by atoms with Crippen LogP contribution in [0.3, 0.4) is 0 Å². The predicted octanol–water partition coefficient (Wildman–Crippen LogP) is 2.81. The first-order valence-corrected chi connectivity index (χ1v) is 11.4. The fourth-order valence-corrected chi connectivity index (χ4v) is 5.16. The molecule has 10 heteroatoms. The van der Waals surface area contributed by atoms with Gasteiger partial charge in [0, 0.05) is 26.2 Å². The molecule has 2 aromatic carbocycles. The Balaban J connectivity index is 1.43. The van der Waals surface area contributed by atoms with Gasteiger partial charge in [-0.1, -0.05) is 18.2 Å². The second kappa shape index (κ2) is 8.38. The van der Waals surface area contributed by atoms with E-state index in [2.05, 4.69) is 10.00 Å². The highest BCUT2D eigenvalue weighted by Crippen LogP contribution is 2.19. The van der Waals surface area contributed by atoms with Crippen molar-refractivity contribution in [2.45, 2.75) is 18.5 Å². The minimum absolute atomic E-state index is 0.108. The molecule has 0 aliphatic carbocycles. The molecule has 0 amide bonds. The van der Waals surface area contributed by atoms with Gasteiger partial charge in [-0.15, -0.1) is 0 Å². The van der Waals surface area contributed by atoms with Gasteiger partial charge >= 0.3 is 0 Å². The van der Waals surface area contributed by atoms with Crippen molar-refractivity contribution < 1.29 is 12.8 Å². The number of sulfonamides is 1. The molecule has 1 saturated heterocycles. The Morgan fingerprint density at radius 1 is 1.03 bits per heavy atom. The fourth-order valence-electron chi connectivity index (χ4n) is 3.49. The minimum atomic E-state index is -3.63. The van der Waals surface area contributed by atoms with Crippen LogP contribution >= 0.6 is 12.2 Å². The van der Waals surface area contributed by atoms with Gasteiger partial charge < -0.3 is 0 Å². The average molecular weight is 448 g/mol. The Morgan fingerprint density at radius 2 is 1.70 bits per heavy atom. The molecule has 0 bridgehead atoms. The molecular formula is C20H22FN5O2S2. The second-order valence-corrected chi connectivity index (χ2v) is 9.49. The Kier molecular flexibility index (Phi) is 5.83. The summed E-state index contributed by atoms with van der Waals surface area (Å²) >= 11 is 5.59. The molecule has 0 N–H and O–H groups in total. The third-order valence-electron chi connectivity index (χ3n) is 5.23. The van der Waals surface area contributed by atoms with Crippen LogP contribution in [-0.2, 0) is 16.7 Å². The predicted molar refractivity (Wildman–Crippen MR) is 114 cm³/mol. The molecule has 30 heavy (non-hydrogen) atoms. The molecule has 1 aliphatic heterocycles. The average Bonchev–Trinajstić information content (AvgIpc) is 3.09. The number of benzene rings is 2. The summed E-state index contributed by atoms with van der Waals surface area (Å²) in [4.78, 5) is 2.22. The Hall–Kier alpha value is -2.40. The van der Waals surface area contributed by atoms with E-state index in [4.69, 9.17) is 12.2 Å². The van der Waals surface area contributed by atoms with Gasteiger partial charge in [0.1, 0.15) is 12.1 Å². The molecule has 3 aromatic rings. The van der Waals surface area contributed by atoms with E-state index in [1.807, 2.05) is 35.8 Å². The van der Waals surface area contributed by atoms with E-state index < -0.39 is 15.8 Å². The van der Waals surface area contributed by atoms with Gasteiger partial charge in [0.2, 0.25) is 14.8 Å². The minimum Gasteiger partial charge on any atom is -0.282 e. The molecule has 1 fully saturated rings. The Bertz CT molecular complexity index is 1200. The van der Waals surface area contributed by atoms with Crippen molar-refractivity contribution >= 4 is 22.2 Å². The summed E-state index contributed by atoms with van der Waals surface area (Å²) in [7, 11) is -3.63. The van der Waals surface area contributed by atoms with Crippen LogP contribution in [0.4, 0.5) is 4.39 Å². The lowest BCUT2D eigenvalue weighted by Gasteiger charge is -2.33. The fraction of sp³-hybridized carbons (Fsp3) is 0.300. The molecule has 1 aromatic heterocycles. The Morgan fingerprint density at radius 3 is 2.37 bits per heavy atom. The normalized spacial score (nSPS) is 16.1. The van der Waals surface area contributed by atoms with E-state index in [1.54, 1.807) is 11.0 Å². The lowest BCUT2D eigenvalue weighted by molar-refractivity contribution is 0.144. The number of halogens is 1. The number of aromatic nitrogens is 3. The molecule has 0 spiro atoms. The van der Waals surface area contributed by atoms with Gasteiger partial charge in [-0.25, -0.2) is 17.5 Å². The van der Waals surface area contributed by atoms with E-state index in [9.17, 15) is 12.8 Å². The molecular weight excluding hydrogens is 425 g/mol. The van der Waals surface area contributed by atoms with Crippen molar-refractivity contribution in [2.75, 3.05) is 26.2 Å². The van der Waals surface area contributed by atoms with Crippen molar-refractivity contribution in [2.24, 2.45) is 0 Å². The van der Waals surface area contributed by atoms with Crippen LogP contribution in [0.2, 0.25) is 0 Å². The highest BCUT2D eigenvalue weighted by atomic mass is 32.2. The summed E-state index contributed by atoms with van der Waals surface area (Å²) in [6.45, 7) is 4.33. The summed E-state index contributed by atoms with van der Waals surface area (Å²) in [5.41, 5.74) is 2.09. The van der Waals surface area contributed by atoms with Crippen LogP contribution in [0.5, 0.6) is 0 Å². The van der Waals surface area contributed by atoms with Gasteiger partial charge in [-0.2, -0.15) is 9.40 Å². The molecule has 0 unspecified atom stereocenters. The van der Waals surface area contributed by atoms with E-state index in [0.717, 1.165) is 23.4 Å². The van der Waals surface area contributed by atoms with Crippen LogP contribution in [0, 0.1) is 17.5 Å². The highest BCUT2D eigenvalue weighted by Gasteiger charge is 2.28. The highest BCUT2D eigenvalue weighted by molar-refractivity contribution is 7.89. The smallest absolute Gasteiger partial charge is 0.243 e. The largest absolute Gasteiger partial charge is 0.282 e. The summed E-state index contributed by atoms with van der Waals surface area (Å²) in [5.74, 6) is -0.458. The third-order valence-corrected chi connectivity index (χ3v) is 7.55. The van der Waals surface area contributed by atoms with Crippen molar-refractivity contribution in [1.29, 1.82) is 0 Å². The van der Waals surface area contributed by atoms with Crippen LogP contribution in [0.15, 0.2) is 59.8 Å². The van der Waals surface area contributed by atoms with Gasteiger partial charge in [0.15, 0.2) is 0 Å². The number of hydrogen-bond acceptors (Lipinski definition) is 5.